The van der Waals surface area contributed by atoms with Crippen LogP contribution < -0.4 is 5.32 Å². The Kier molecular flexibility index (Phi) is 1.58. The largest absolute Gasteiger partial charge is 0.452 e. The molecule has 3 heteroatoms. The molecule has 0 saturated heterocycles. The Bertz CT molecular complexity index is 265. The molecule has 1 aromatic rings. The van der Waals surface area contributed by atoms with E-state index in [0.29, 0.717) is 0 Å². The molecule has 0 spiro atoms. The second kappa shape index (κ2) is 2.35. The second-order valence-electron chi connectivity index (χ2n) is 2.94. The van der Waals surface area contributed by atoms with Crippen LogP contribution in [0, 0.1) is 0 Å². The van der Waals surface area contributed by atoms with Crippen LogP contribution in [-0.2, 0) is 5.54 Å². The van der Waals surface area contributed by atoms with Gasteiger partial charge in [-0.2, -0.15) is 0 Å². The van der Waals surface area contributed by atoms with Crippen molar-refractivity contribution in [3.8, 4) is 0 Å². The average Bonchev–Trinajstić information content (AvgIpc) is 2.70. The van der Waals surface area contributed by atoms with Gasteiger partial charge < -0.3 is 9.73 Å². The maximum Gasteiger partial charge on any atom is 0.169 e. The van der Waals surface area contributed by atoms with Gasteiger partial charge in [0, 0.05) is 0 Å². The summed E-state index contributed by atoms with van der Waals surface area (Å²) in [6.07, 6.45) is 2.37. The molecule has 0 aliphatic heterocycles. The number of rotatable bonds is 2. The van der Waals surface area contributed by atoms with Crippen molar-refractivity contribution < 1.29 is 4.42 Å². The first kappa shape index (κ1) is 7.37. The van der Waals surface area contributed by atoms with Gasteiger partial charge in [0.25, 0.3) is 0 Å². The van der Waals surface area contributed by atoms with Crippen LogP contribution in [-0.4, -0.2) is 7.05 Å². The molecule has 0 unspecified atom stereocenters. The predicted octanol–water partition coefficient (Wildman–Crippen LogP) is 2.25. The fraction of sp³-hybridized carbons (Fsp3) is 0.500. The van der Waals surface area contributed by atoms with Crippen molar-refractivity contribution >= 4 is 15.9 Å². The number of halogens is 1. The van der Waals surface area contributed by atoms with Crippen molar-refractivity contribution in [1.29, 1.82) is 0 Å². The van der Waals surface area contributed by atoms with Gasteiger partial charge in [0.05, 0.1) is 5.54 Å². The summed E-state index contributed by atoms with van der Waals surface area (Å²) in [7, 11) is 1.98. The summed E-state index contributed by atoms with van der Waals surface area (Å²) in [5, 5.41) is 3.27. The fourth-order valence-electron chi connectivity index (χ4n) is 1.32. The molecule has 0 bridgehead atoms. The molecule has 0 atom stereocenters. The van der Waals surface area contributed by atoms with Crippen LogP contribution in [0.25, 0.3) is 0 Å². The summed E-state index contributed by atoms with van der Waals surface area (Å²) in [5.74, 6) is 1.05. The second-order valence-corrected chi connectivity index (χ2v) is 3.72. The van der Waals surface area contributed by atoms with Crippen LogP contribution in [0.5, 0.6) is 0 Å². The number of hydrogen-bond donors (Lipinski definition) is 1. The summed E-state index contributed by atoms with van der Waals surface area (Å²) in [4.78, 5) is 0. The molecule has 1 heterocycles. The maximum absolute atomic E-state index is 5.46. The van der Waals surface area contributed by atoms with Gasteiger partial charge in [-0.3, -0.25) is 0 Å². The van der Waals surface area contributed by atoms with Crippen LogP contribution in [0.4, 0.5) is 0 Å². The lowest BCUT2D eigenvalue weighted by molar-refractivity contribution is 0.405. The average molecular weight is 216 g/mol. The molecule has 0 amide bonds. The molecule has 2 nitrogen and oxygen atoms in total. The van der Waals surface area contributed by atoms with E-state index >= 15 is 0 Å². The highest BCUT2D eigenvalue weighted by molar-refractivity contribution is 9.10. The van der Waals surface area contributed by atoms with E-state index in [1.807, 2.05) is 19.2 Å². The van der Waals surface area contributed by atoms with Crippen molar-refractivity contribution in [3.63, 3.8) is 0 Å². The molecule has 1 saturated carbocycles. The Labute approximate surface area is 74.1 Å². The molecule has 1 N–H and O–H groups in total. The van der Waals surface area contributed by atoms with E-state index < -0.39 is 0 Å². The van der Waals surface area contributed by atoms with Crippen LogP contribution in [0.15, 0.2) is 21.2 Å². The highest BCUT2D eigenvalue weighted by Crippen LogP contribution is 2.45. The molecule has 0 aromatic carbocycles. The van der Waals surface area contributed by atoms with E-state index in [1.165, 1.54) is 12.8 Å². The summed E-state index contributed by atoms with van der Waals surface area (Å²) in [5.41, 5.74) is 0.159. The Morgan fingerprint density at radius 1 is 1.55 bits per heavy atom. The Morgan fingerprint density at radius 2 is 2.27 bits per heavy atom. The Morgan fingerprint density at radius 3 is 2.64 bits per heavy atom. The lowest BCUT2D eigenvalue weighted by Crippen LogP contribution is -2.23. The zero-order valence-corrected chi connectivity index (χ0v) is 7.94. The van der Waals surface area contributed by atoms with E-state index in [-0.39, 0.29) is 5.54 Å². The quantitative estimate of drug-likeness (QED) is 0.820. The van der Waals surface area contributed by atoms with E-state index in [9.17, 15) is 0 Å². The van der Waals surface area contributed by atoms with Crippen LogP contribution in [0.3, 0.4) is 0 Å². The smallest absolute Gasteiger partial charge is 0.169 e. The molecule has 1 aliphatic rings. The van der Waals surface area contributed by atoms with Gasteiger partial charge in [0.1, 0.15) is 5.76 Å². The molecular weight excluding hydrogens is 206 g/mol. The Balaban J connectivity index is 2.29. The van der Waals surface area contributed by atoms with Crippen LogP contribution in [0.1, 0.15) is 18.6 Å². The number of hydrogen-bond acceptors (Lipinski definition) is 2. The first-order valence-electron chi connectivity index (χ1n) is 3.72. The number of furan rings is 1. The van der Waals surface area contributed by atoms with E-state index in [0.717, 1.165) is 10.4 Å². The minimum absolute atomic E-state index is 0.159. The molecular formula is C8H10BrNO. The van der Waals surface area contributed by atoms with Crippen molar-refractivity contribution in [2.75, 3.05) is 7.05 Å². The van der Waals surface area contributed by atoms with Gasteiger partial charge in [-0.15, -0.1) is 0 Å². The molecule has 11 heavy (non-hydrogen) atoms. The highest BCUT2D eigenvalue weighted by atomic mass is 79.9. The normalized spacial score (nSPS) is 20.2. The van der Waals surface area contributed by atoms with Gasteiger partial charge in [-0.1, -0.05) is 0 Å². The fourth-order valence-corrected chi connectivity index (χ4v) is 1.62. The zero-order chi connectivity index (χ0) is 7.90. The molecule has 1 fully saturated rings. The predicted molar refractivity (Wildman–Crippen MR) is 46.4 cm³/mol. The van der Waals surface area contributed by atoms with E-state index in [4.69, 9.17) is 4.42 Å². The standard InChI is InChI=1S/C8H10BrNO/c1-10-8(4-5-8)6-2-3-7(9)11-6/h2-3,10H,4-5H2,1H3. The highest BCUT2D eigenvalue weighted by Gasteiger charge is 2.45. The number of nitrogens with one attached hydrogen (secondary N) is 1. The van der Waals surface area contributed by atoms with Gasteiger partial charge in [0.15, 0.2) is 4.67 Å². The lowest BCUT2D eigenvalue weighted by atomic mass is 10.2. The molecule has 60 valence electrons. The van der Waals surface area contributed by atoms with E-state index in [1.54, 1.807) is 0 Å². The van der Waals surface area contributed by atoms with Crippen molar-refractivity contribution in [2.24, 2.45) is 0 Å². The van der Waals surface area contributed by atoms with E-state index in [2.05, 4.69) is 21.2 Å². The Hall–Kier alpha value is -0.280. The monoisotopic (exact) mass is 215 g/mol. The minimum Gasteiger partial charge on any atom is -0.452 e. The summed E-state index contributed by atoms with van der Waals surface area (Å²) >= 11 is 3.29. The first-order valence-corrected chi connectivity index (χ1v) is 4.51. The first-order chi connectivity index (χ1) is 5.27. The topological polar surface area (TPSA) is 25.2 Å². The van der Waals surface area contributed by atoms with Crippen molar-refractivity contribution in [2.45, 2.75) is 18.4 Å². The van der Waals surface area contributed by atoms with Gasteiger partial charge in [-0.25, -0.2) is 0 Å². The summed E-state index contributed by atoms with van der Waals surface area (Å²) in [6.45, 7) is 0. The van der Waals surface area contributed by atoms with Crippen LogP contribution >= 0.6 is 15.9 Å². The van der Waals surface area contributed by atoms with Crippen molar-refractivity contribution in [3.05, 3.63) is 22.6 Å². The SMILES string of the molecule is CNC1(c2ccc(Br)o2)CC1. The third kappa shape index (κ3) is 1.12. The van der Waals surface area contributed by atoms with Gasteiger partial charge >= 0.3 is 0 Å². The molecule has 1 aromatic heterocycles. The summed E-state index contributed by atoms with van der Waals surface area (Å²) < 4.78 is 6.27. The summed E-state index contributed by atoms with van der Waals surface area (Å²) in [6, 6.07) is 3.96. The maximum atomic E-state index is 5.46. The van der Waals surface area contributed by atoms with Gasteiger partial charge in [-0.05, 0) is 48.0 Å². The van der Waals surface area contributed by atoms with Crippen molar-refractivity contribution in [1.82, 2.24) is 5.32 Å². The zero-order valence-electron chi connectivity index (χ0n) is 6.36. The van der Waals surface area contributed by atoms with Crippen LogP contribution in [0.2, 0.25) is 0 Å². The third-order valence-corrected chi connectivity index (χ3v) is 2.70. The molecule has 2 rings (SSSR count). The molecule has 1 aliphatic carbocycles. The molecule has 0 radical (unpaired) electrons. The van der Waals surface area contributed by atoms with Gasteiger partial charge in [0.2, 0.25) is 0 Å². The lowest BCUT2D eigenvalue weighted by Gasteiger charge is -2.09. The minimum atomic E-state index is 0.159. The third-order valence-electron chi connectivity index (χ3n) is 2.27.